The molecule has 2 amide bonds. The lowest BCUT2D eigenvalue weighted by Crippen LogP contribution is -2.27. The highest BCUT2D eigenvalue weighted by atomic mass is 35.5. The van der Waals surface area contributed by atoms with Gasteiger partial charge in [0.15, 0.2) is 0 Å². The van der Waals surface area contributed by atoms with Gasteiger partial charge in [-0.15, -0.1) is 0 Å². The summed E-state index contributed by atoms with van der Waals surface area (Å²) in [6.07, 6.45) is 0.957. The molecule has 3 aromatic rings. The molecule has 0 heterocycles. The van der Waals surface area contributed by atoms with Gasteiger partial charge in [0.05, 0.1) is 17.7 Å². The molecule has 0 aromatic heterocycles. The molecule has 2 N–H and O–H groups in total. The van der Waals surface area contributed by atoms with Crippen LogP contribution >= 0.6 is 11.6 Å². The summed E-state index contributed by atoms with van der Waals surface area (Å²) in [5.74, 6) is -0.398. The van der Waals surface area contributed by atoms with Gasteiger partial charge in [-0.05, 0) is 41.8 Å². The molecule has 4 nitrogen and oxygen atoms in total. The van der Waals surface area contributed by atoms with Crippen molar-refractivity contribution in [1.82, 2.24) is 5.32 Å². The van der Waals surface area contributed by atoms with Gasteiger partial charge in [0.2, 0.25) is 5.91 Å². The zero-order chi connectivity index (χ0) is 19.8. The smallest absolute Gasteiger partial charge is 0.253 e. The number of rotatable bonds is 7. The molecule has 0 aliphatic carbocycles. The molecule has 0 aliphatic heterocycles. The second-order valence-electron chi connectivity index (χ2n) is 6.39. The highest BCUT2D eigenvalue weighted by Gasteiger charge is 2.13. The third-order valence-electron chi connectivity index (χ3n) is 4.27. The quantitative estimate of drug-likeness (QED) is 0.622. The lowest BCUT2D eigenvalue weighted by molar-refractivity contribution is -0.115. The van der Waals surface area contributed by atoms with Crippen molar-refractivity contribution >= 4 is 29.1 Å². The molecule has 0 bridgehead atoms. The maximum absolute atomic E-state index is 12.6. The van der Waals surface area contributed by atoms with E-state index in [1.54, 1.807) is 36.4 Å². The van der Waals surface area contributed by atoms with Crippen LogP contribution in [-0.4, -0.2) is 18.4 Å². The summed E-state index contributed by atoms with van der Waals surface area (Å²) in [6.45, 7) is 0.524. The predicted molar refractivity (Wildman–Crippen MR) is 113 cm³/mol. The van der Waals surface area contributed by atoms with Crippen LogP contribution in [0.3, 0.4) is 0 Å². The number of hydrogen-bond donors (Lipinski definition) is 2. The molecule has 0 unspecified atom stereocenters. The zero-order valence-electron chi connectivity index (χ0n) is 15.3. The van der Waals surface area contributed by atoms with Crippen molar-refractivity contribution in [3.05, 3.63) is 101 Å². The molecule has 0 saturated carbocycles. The second-order valence-corrected chi connectivity index (χ2v) is 6.82. The van der Waals surface area contributed by atoms with E-state index >= 15 is 0 Å². The van der Waals surface area contributed by atoms with Crippen LogP contribution in [-0.2, 0) is 17.6 Å². The number of halogens is 1. The molecule has 0 radical (unpaired) electrons. The fourth-order valence-electron chi connectivity index (χ4n) is 2.83. The number of carbonyl (C=O) groups excluding carboxylic acids is 2. The van der Waals surface area contributed by atoms with E-state index in [-0.39, 0.29) is 18.2 Å². The van der Waals surface area contributed by atoms with Crippen LogP contribution in [0.15, 0.2) is 78.9 Å². The Hall–Kier alpha value is -3.11. The van der Waals surface area contributed by atoms with Crippen LogP contribution in [0.2, 0.25) is 5.02 Å². The number of anilines is 1. The number of para-hydroxylation sites is 1. The molecule has 3 rings (SSSR count). The molecule has 142 valence electrons. The average Bonchev–Trinajstić information content (AvgIpc) is 2.71. The third kappa shape index (κ3) is 5.69. The first kappa shape index (κ1) is 19.6. The highest BCUT2D eigenvalue weighted by Crippen LogP contribution is 2.16. The van der Waals surface area contributed by atoms with E-state index < -0.39 is 0 Å². The normalized spacial score (nSPS) is 10.3. The second kappa shape index (κ2) is 9.72. The molecule has 0 aliphatic rings. The minimum absolute atomic E-state index is 0.188. The molecular formula is C23H21ClN2O2. The highest BCUT2D eigenvalue weighted by molar-refractivity contribution is 6.30. The van der Waals surface area contributed by atoms with Crippen molar-refractivity contribution in [2.24, 2.45) is 0 Å². The fraction of sp³-hybridized carbons (Fsp3) is 0.130. The van der Waals surface area contributed by atoms with E-state index in [4.69, 9.17) is 11.6 Å². The molecule has 0 fully saturated rings. The summed E-state index contributed by atoms with van der Waals surface area (Å²) >= 11 is 5.87. The lowest BCUT2D eigenvalue weighted by atomic mass is 10.1. The van der Waals surface area contributed by atoms with E-state index in [1.165, 1.54) is 0 Å². The number of benzene rings is 3. The average molecular weight is 393 g/mol. The van der Waals surface area contributed by atoms with Crippen LogP contribution in [0.4, 0.5) is 5.69 Å². The van der Waals surface area contributed by atoms with Gasteiger partial charge in [0, 0.05) is 11.6 Å². The Bertz CT molecular complexity index is 940. The summed E-state index contributed by atoms with van der Waals surface area (Å²) in [5, 5.41) is 6.37. The van der Waals surface area contributed by atoms with Gasteiger partial charge in [0.25, 0.3) is 5.91 Å². The monoisotopic (exact) mass is 392 g/mol. The summed E-state index contributed by atoms with van der Waals surface area (Å²) in [5.41, 5.74) is 2.96. The maximum atomic E-state index is 12.6. The summed E-state index contributed by atoms with van der Waals surface area (Å²) in [4.78, 5) is 24.9. The van der Waals surface area contributed by atoms with Gasteiger partial charge in [-0.2, -0.15) is 0 Å². The number of carbonyl (C=O) groups is 2. The van der Waals surface area contributed by atoms with Crippen molar-refractivity contribution in [2.45, 2.75) is 12.8 Å². The zero-order valence-corrected chi connectivity index (χ0v) is 16.1. The molecule has 3 aromatic carbocycles. The Morgan fingerprint density at radius 1 is 0.786 bits per heavy atom. The summed E-state index contributed by atoms with van der Waals surface area (Å²) in [6, 6.07) is 24.1. The first-order valence-electron chi connectivity index (χ1n) is 9.07. The molecule has 28 heavy (non-hydrogen) atoms. The van der Waals surface area contributed by atoms with Crippen LogP contribution in [0.25, 0.3) is 0 Å². The predicted octanol–water partition coefficient (Wildman–Crippen LogP) is 4.49. The first-order valence-corrected chi connectivity index (χ1v) is 9.45. The summed E-state index contributed by atoms with van der Waals surface area (Å²) < 4.78 is 0. The minimum atomic E-state index is -0.210. The van der Waals surface area contributed by atoms with Crippen molar-refractivity contribution in [3.8, 4) is 0 Å². The topological polar surface area (TPSA) is 58.2 Å². The maximum Gasteiger partial charge on any atom is 0.253 e. The van der Waals surface area contributed by atoms with Gasteiger partial charge in [-0.3, -0.25) is 9.59 Å². The lowest BCUT2D eigenvalue weighted by Gasteiger charge is -2.12. The van der Waals surface area contributed by atoms with Crippen LogP contribution in [0, 0.1) is 0 Å². The van der Waals surface area contributed by atoms with Crippen molar-refractivity contribution in [3.63, 3.8) is 0 Å². The summed E-state index contributed by atoms with van der Waals surface area (Å²) in [7, 11) is 0. The molecule has 0 saturated heterocycles. The van der Waals surface area contributed by atoms with Crippen LogP contribution in [0.1, 0.15) is 21.5 Å². The van der Waals surface area contributed by atoms with E-state index in [9.17, 15) is 9.59 Å². The van der Waals surface area contributed by atoms with E-state index in [2.05, 4.69) is 10.6 Å². The van der Waals surface area contributed by atoms with Gasteiger partial charge in [-0.25, -0.2) is 0 Å². The van der Waals surface area contributed by atoms with Crippen LogP contribution in [0.5, 0.6) is 0 Å². The van der Waals surface area contributed by atoms with Crippen molar-refractivity contribution in [1.29, 1.82) is 0 Å². The van der Waals surface area contributed by atoms with Crippen molar-refractivity contribution < 1.29 is 9.59 Å². The van der Waals surface area contributed by atoms with Gasteiger partial charge < -0.3 is 10.6 Å². The Morgan fingerprint density at radius 2 is 1.46 bits per heavy atom. The minimum Gasteiger partial charge on any atom is -0.352 e. The molecular weight excluding hydrogens is 372 g/mol. The first-order chi connectivity index (χ1) is 13.6. The third-order valence-corrected chi connectivity index (χ3v) is 4.52. The molecule has 0 atom stereocenters. The standard InChI is InChI=1S/C23H21ClN2O2/c24-19-12-10-18(11-13-19)16-22(27)26-21-9-5-4-8-20(21)23(28)25-15-14-17-6-2-1-3-7-17/h1-13H,14-16H2,(H,25,28)(H,26,27). The van der Waals surface area contributed by atoms with Crippen molar-refractivity contribution in [2.75, 3.05) is 11.9 Å². The Labute approximate surface area is 169 Å². The van der Waals surface area contributed by atoms with E-state index in [0.29, 0.717) is 22.8 Å². The Morgan fingerprint density at radius 3 is 2.21 bits per heavy atom. The van der Waals surface area contributed by atoms with Gasteiger partial charge in [-0.1, -0.05) is 66.2 Å². The number of nitrogens with one attached hydrogen (secondary N) is 2. The number of amides is 2. The molecule has 0 spiro atoms. The Balaban J connectivity index is 1.59. The Kier molecular flexibility index (Phi) is 6.82. The van der Waals surface area contributed by atoms with Gasteiger partial charge >= 0.3 is 0 Å². The number of hydrogen-bond acceptors (Lipinski definition) is 2. The van der Waals surface area contributed by atoms with E-state index in [1.807, 2.05) is 42.5 Å². The van der Waals surface area contributed by atoms with Crippen LogP contribution < -0.4 is 10.6 Å². The fourth-order valence-corrected chi connectivity index (χ4v) is 2.96. The van der Waals surface area contributed by atoms with Gasteiger partial charge in [0.1, 0.15) is 0 Å². The molecule has 5 heteroatoms. The van der Waals surface area contributed by atoms with E-state index in [0.717, 1.165) is 17.5 Å². The SMILES string of the molecule is O=C(Cc1ccc(Cl)cc1)Nc1ccccc1C(=O)NCCc1ccccc1. The largest absolute Gasteiger partial charge is 0.352 e.